The van der Waals surface area contributed by atoms with Crippen molar-refractivity contribution in [3.05, 3.63) is 65.2 Å². The van der Waals surface area contributed by atoms with Crippen LogP contribution in [0, 0.1) is 13.8 Å². The first-order valence-electron chi connectivity index (χ1n) is 7.71. The van der Waals surface area contributed by atoms with E-state index in [0.29, 0.717) is 0 Å². The van der Waals surface area contributed by atoms with Crippen molar-refractivity contribution >= 4 is 0 Å². The number of hydrogen-bond acceptors (Lipinski definition) is 2. The molecule has 1 N–H and O–H groups in total. The molecule has 2 rings (SSSR count). The first-order chi connectivity index (χ1) is 10.2. The fraction of sp³-hybridized carbons (Fsp3) is 0.368. The van der Waals surface area contributed by atoms with E-state index in [1.165, 1.54) is 16.7 Å². The SMILES string of the molecule is CCCNC[C@@H](Oc1cccc(C)c1C)c1ccccc1. The molecule has 112 valence electrons. The van der Waals surface area contributed by atoms with Crippen molar-refractivity contribution in [2.24, 2.45) is 0 Å². The lowest BCUT2D eigenvalue weighted by atomic mass is 10.1. The monoisotopic (exact) mass is 283 g/mol. The number of ether oxygens (including phenoxy) is 1. The maximum atomic E-state index is 6.30. The van der Waals surface area contributed by atoms with E-state index < -0.39 is 0 Å². The van der Waals surface area contributed by atoms with Gasteiger partial charge in [0, 0.05) is 6.54 Å². The first-order valence-corrected chi connectivity index (χ1v) is 7.71. The zero-order valence-corrected chi connectivity index (χ0v) is 13.2. The zero-order valence-electron chi connectivity index (χ0n) is 13.2. The first kappa shape index (κ1) is 15.6. The molecule has 1 atom stereocenters. The molecule has 0 unspecified atom stereocenters. The van der Waals surface area contributed by atoms with Gasteiger partial charge in [0.05, 0.1) is 0 Å². The number of rotatable bonds is 7. The Labute approximate surface area is 128 Å². The molecule has 0 fully saturated rings. The van der Waals surface area contributed by atoms with Gasteiger partial charge >= 0.3 is 0 Å². The quantitative estimate of drug-likeness (QED) is 0.759. The highest BCUT2D eigenvalue weighted by Crippen LogP contribution is 2.26. The van der Waals surface area contributed by atoms with E-state index in [4.69, 9.17) is 4.74 Å². The van der Waals surface area contributed by atoms with Crippen LogP contribution in [0.3, 0.4) is 0 Å². The van der Waals surface area contributed by atoms with Crippen molar-refractivity contribution in [2.75, 3.05) is 13.1 Å². The molecule has 2 aromatic carbocycles. The van der Waals surface area contributed by atoms with Crippen LogP contribution in [0.2, 0.25) is 0 Å². The standard InChI is InChI=1S/C19H25NO/c1-4-13-20-14-19(17-10-6-5-7-11-17)21-18-12-8-9-15(2)16(18)3/h5-12,19-20H,4,13-14H2,1-3H3/t19-/m1/s1. The molecule has 0 saturated heterocycles. The summed E-state index contributed by atoms with van der Waals surface area (Å²) in [5.41, 5.74) is 3.69. The van der Waals surface area contributed by atoms with Crippen molar-refractivity contribution in [1.82, 2.24) is 5.32 Å². The Morgan fingerprint density at radius 3 is 2.48 bits per heavy atom. The summed E-state index contributed by atoms with van der Waals surface area (Å²) < 4.78 is 6.30. The van der Waals surface area contributed by atoms with Crippen LogP contribution in [0.4, 0.5) is 0 Å². The van der Waals surface area contributed by atoms with E-state index in [1.807, 2.05) is 6.07 Å². The van der Waals surface area contributed by atoms with Crippen molar-refractivity contribution in [2.45, 2.75) is 33.3 Å². The Morgan fingerprint density at radius 2 is 1.76 bits per heavy atom. The van der Waals surface area contributed by atoms with Crippen LogP contribution in [0.1, 0.15) is 36.1 Å². The van der Waals surface area contributed by atoms with Gasteiger partial charge in [-0.15, -0.1) is 0 Å². The molecule has 0 saturated carbocycles. The van der Waals surface area contributed by atoms with Crippen LogP contribution in [0.5, 0.6) is 5.75 Å². The highest BCUT2D eigenvalue weighted by atomic mass is 16.5. The fourth-order valence-electron chi connectivity index (χ4n) is 2.31. The Morgan fingerprint density at radius 1 is 1.00 bits per heavy atom. The summed E-state index contributed by atoms with van der Waals surface area (Å²) in [5, 5.41) is 3.46. The number of aryl methyl sites for hydroxylation is 1. The largest absolute Gasteiger partial charge is 0.484 e. The van der Waals surface area contributed by atoms with Crippen LogP contribution in [-0.2, 0) is 0 Å². The van der Waals surface area contributed by atoms with Crippen LogP contribution in [-0.4, -0.2) is 13.1 Å². The van der Waals surface area contributed by atoms with E-state index in [2.05, 4.69) is 68.6 Å². The van der Waals surface area contributed by atoms with Crippen molar-refractivity contribution in [1.29, 1.82) is 0 Å². The summed E-state index contributed by atoms with van der Waals surface area (Å²) in [6.07, 6.45) is 1.17. The average Bonchev–Trinajstić information content (AvgIpc) is 2.51. The molecule has 21 heavy (non-hydrogen) atoms. The molecule has 0 radical (unpaired) electrons. The zero-order chi connectivity index (χ0) is 15.1. The van der Waals surface area contributed by atoms with Gasteiger partial charge in [-0.1, -0.05) is 49.4 Å². The second-order valence-electron chi connectivity index (χ2n) is 5.42. The molecule has 0 spiro atoms. The molecule has 0 aliphatic rings. The van der Waals surface area contributed by atoms with Gasteiger partial charge in [-0.25, -0.2) is 0 Å². The Bertz CT molecular complexity index is 551. The van der Waals surface area contributed by atoms with E-state index >= 15 is 0 Å². The van der Waals surface area contributed by atoms with Crippen molar-refractivity contribution < 1.29 is 4.74 Å². The molecule has 2 nitrogen and oxygen atoms in total. The topological polar surface area (TPSA) is 21.3 Å². The minimum absolute atomic E-state index is 0.0400. The Hall–Kier alpha value is -1.80. The van der Waals surface area contributed by atoms with Gasteiger partial charge in [0.25, 0.3) is 0 Å². The number of hydrogen-bond donors (Lipinski definition) is 1. The van der Waals surface area contributed by atoms with E-state index in [1.54, 1.807) is 0 Å². The molecular formula is C19H25NO. The highest BCUT2D eigenvalue weighted by molar-refractivity contribution is 5.38. The van der Waals surface area contributed by atoms with Crippen LogP contribution in [0.15, 0.2) is 48.5 Å². The summed E-state index contributed by atoms with van der Waals surface area (Å²) in [4.78, 5) is 0. The predicted octanol–water partition coefficient (Wildman–Crippen LogP) is 4.42. The Balaban J connectivity index is 2.17. The minimum Gasteiger partial charge on any atom is -0.484 e. The number of benzene rings is 2. The van der Waals surface area contributed by atoms with Gasteiger partial charge in [-0.3, -0.25) is 0 Å². The normalized spacial score (nSPS) is 12.1. The molecule has 2 aromatic rings. The molecule has 0 bridgehead atoms. The predicted molar refractivity (Wildman–Crippen MR) is 88.9 cm³/mol. The third-order valence-corrected chi connectivity index (χ3v) is 3.75. The number of nitrogens with one attached hydrogen (secondary N) is 1. The van der Waals surface area contributed by atoms with E-state index in [-0.39, 0.29) is 6.10 Å². The summed E-state index contributed by atoms with van der Waals surface area (Å²) >= 11 is 0. The van der Waals surface area contributed by atoms with Gasteiger partial charge < -0.3 is 10.1 Å². The lowest BCUT2D eigenvalue weighted by Gasteiger charge is -2.22. The third kappa shape index (κ3) is 4.33. The van der Waals surface area contributed by atoms with Crippen molar-refractivity contribution in [3.63, 3.8) is 0 Å². The van der Waals surface area contributed by atoms with Gasteiger partial charge in [0.1, 0.15) is 11.9 Å². The van der Waals surface area contributed by atoms with E-state index in [0.717, 1.165) is 25.3 Å². The maximum Gasteiger partial charge on any atom is 0.136 e. The minimum atomic E-state index is 0.0400. The van der Waals surface area contributed by atoms with Gasteiger partial charge in [0.15, 0.2) is 0 Å². The summed E-state index contributed by atoms with van der Waals surface area (Å²) in [6, 6.07) is 16.7. The summed E-state index contributed by atoms with van der Waals surface area (Å²) in [7, 11) is 0. The second-order valence-corrected chi connectivity index (χ2v) is 5.42. The lowest BCUT2D eigenvalue weighted by molar-refractivity contribution is 0.200. The molecule has 0 aromatic heterocycles. The second kappa shape index (κ2) is 7.84. The van der Waals surface area contributed by atoms with Crippen LogP contribution in [0.25, 0.3) is 0 Å². The third-order valence-electron chi connectivity index (χ3n) is 3.75. The van der Waals surface area contributed by atoms with Crippen LogP contribution < -0.4 is 10.1 Å². The Kier molecular flexibility index (Phi) is 5.82. The molecule has 0 aliphatic carbocycles. The average molecular weight is 283 g/mol. The lowest BCUT2D eigenvalue weighted by Crippen LogP contribution is -2.26. The molecule has 0 aliphatic heterocycles. The van der Waals surface area contributed by atoms with Gasteiger partial charge in [0.2, 0.25) is 0 Å². The van der Waals surface area contributed by atoms with Gasteiger partial charge in [-0.2, -0.15) is 0 Å². The van der Waals surface area contributed by atoms with Crippen LogP contribution >= 0.6 is 0 Å². The molecular weight excluding hydrogens is 258 g/mol. The molecule has 0 amide bonds. The fourth-order valence-corrected chi connectivity index (χ4v) is 2.31. The molecule has 2 heteroatoms. The smallest absolute Gasteiger partial charge is 0.136 e. The van der Waals surface area contributed by atoms with Gasteiger partial charge in [-0.05, 0) is 49.6 Å². The highest BCUT2D eigenvalue weighted by Gasteiger charge is 2.14. The summed E-state index contributed by atoms with van der Waals surface area (Å²) in [5.74, 6) is 0.974. The van der Waals surface area contributed by atoms with Crippen molar-refractivity contribution in [3.8, 4) is 5.75 Å². The summed E-state index contributed by atoms with van der Waals surface area (Å²) in [6.45, 7) is 8.25. The maximum absolute atomic E-state index is 6.30. The molecule has 0 heterocycles. The van der Waals surface area contributed by atoms with E-state index in [9.17, 15) is 0 Å².